The summed E-state index contributed by atoms with van der Waals surface area (Å²) in [4.78, 5) is 19.6. The zero-order chi connectivity index (χ0) is 22.3. The average molecular weight is 450 g/mol. The number of nitrogens with zero attached hydrogens (tertiary/aromatic N) is 2. The minimum absolute atomic E-state index is 0.114. The minimum Gasteiger partial charge on any atom is -0.357 e. The van der Waals surface area contributed by atoms with Crippen LogP contribution < -0.4 is 15.8 Å². The van der Waals surface area contributed by atoms with E-state index >= 15 is 0 Å². The van der Waals surface area contributed by atoms with E-state index in [1.807, 2.05) is 11.8 Å². The van der Waals surface area contributed by atoms with Crippen LogP contribution in [-0.4, -0.2) is 57.4 Å². The average Bonchev–Trinajstić information content (AvgIpc) is 3.22. The SMILES string of the molecule is CCNC(=NCCc1ccc(S(N)(=O)=O)cc1)NC1CCN(C(=O)C2CCCCC2)C1. The van der Waals surface area contributed by atoms with Crippen LogP contribution >= 0.6 is 0 Å². The van der Waals surface area contributed by atoms with E-state index < -0.39 is 10.0 Å². The molecule has 2 aliphatic rings. The molecule has 1 saturated carbocycles. The maximum absolute atomic E-state index is 12.8. The topological polar surface area (TPSA) is 117 Å². The summed E-state index contributed by atoms with van der Waals surface area (Å²) in [5.41, 5.74) is 0.997. The number of aliphatic imine (C=N–C) groups is 1. The Bertz CT molecular complexity index is 864. The van der Waals surface area contributed by atoms with Crippen LogP contribution in [0.4, 0.5) is 0 Å². The Morgan fingerprint density at radius 2 is 1.87 bits per heavy atom. The summed E-state index contributed by atoms with van der Waals surface area (Å²) in [7, 11) is -3.67. The molecule has 1 aliphatic carbocycles. The van der Waals surface area contributed by atoms with Gasteiger partial charge in [-0.2, -0.15) is 0 Å². The van der Waals surface area contributed by atoms with Gasteiger partial charge in [0.25, 0.3) is 0 Å². The van der Waals surface area contributed by atoms with Gasteiger partial charge in [-0.1, -0.05) is 31.4 Å². The highest BCUT2D eigenvalue weighted by Crippen LogP contribution is 2.26. The lowest BCUT2D eigenvalue weighted by atomic mass is 9.88. The highest BCUT2D eigenvalue weighted by Gasteiger charge is 2.31. The summed E-state index contributed by atoms with van der Waals surface area (Å²) in [6, 6.07) is 6.78. The molecule has 1 aromatic rings. The Balaban J connectivity index is 1.50. The number of carbonyl (C=O) groups excluding carboxylic acids is 1. The predicted molar refractivity (Wildman–Crippen MR) is 122 cm³/mol. The van der Waals surface area contributed by atoms with E-state index in [4.69, 9.17) is 5.14 Å². The minimum atomic E-state index is -3.67. The second kappa shape index (κ2) is 10.9. The third-order valence-electron chi connectivity index (χ3n) is 6.06. The Hall–Kier alpha value is -2.13. The van der Waals surface area contributed by atoms with Gasteiger partial charge in [-0.15, -0.1) is 0 Å². The van der Waals surface area contributed by atoms with Gasteiger partial charge in [0.15, 0.2) is 5.96 Å². The van der Waals surface area contributed by atoms with Crippen molar-refractivity contribution in [1.82, 2.24) is 15.5 Å². The molecule has 1 unspecified atom stereocenters. The number of amides is 1. The number of sulfonamides is 1. The number of likely N-dealkylation sites (tertiary alicyclic amines) is 1. The monoisotopic (exact) mass is 449 g/mol. The van der Waals surface area contributed by atoms with Crippen LogP contribution in [-0.2, 0) is 21.2 Å². The van der Waals surface area contributed by atoms with Crippen LogP contribution in [0.2, 0.25) is 0 Å². The van der Waals surface area contributed by atoms with E-state index in [1.165, 1.54) is 31.4 Å². The van der Waals surface area contributed by atoms with E-state index in [0.29, 0.717) is 18.9 Å². The van der Waals surface area contributed by atoms with Crippen LogP contribution in [0.1, 0.15) is 51.0 Å². The van der Waals surface area contributed by atoms with Crippen LogP contribution in [0.15, 0.2) is 34.2 Å². The number of guanidine groups is 1. The molecule has 0 aromatic heterocycles. The van der Waals surface area contributed by atoms with Crippen LogP contribution in [0, 0.1) is 5.92 Å². The summed E-state index contributed by atoms with van der Waals surface area (Å²) >= 11 is 0. The molecule has 4 N–H and O–H groups in total. The van der Waals surface area contributed by atoms with Gasteiger partial charge in [0.2, 0.25) is 15.9 Å². The van der Waals surface area contributed by atoms with Gasteiger partial charge < -0.3 is 15.5 Å². The molecule has 1 amide bonds. The molecule has 172 valence electrons. The number of hydrogen-bond donors (Lipinski definition) is 3. The number of primary sulfonamides is 1. The Labute approximate surface area is 185 Å². The van der Waals surface area contributed by atoms with Gasteiger partial charge in [-0.05, 0) is 50.3 Å². The van der Waals surface area contributed by atoms with Gasteiger partial charge in [-0.3, -0.25) is 9.79 Å². The highest BCUT2D eigenvalue weighted by molar-refractivity contribution is 7.89. The van der Waals surface area contributed by atoms with E-state index in [9.17, 15) is 13.2 Å². The van der Waals surface area contributed by atoms with Crippen molar-refractivity contribution in [2.75, 3.05) is 26.2 Å². The zero-order valence-electron chi connectivity index (χ0n) is 18.3. The third kappa shape index (κ3) is 6.93. The van der Waals surface area contributed by atoms with Gasteiger partial charge in [-0.25, -0.2) is 13.6 Å². The zero-order valence-corrected chi connectivity index (χ0v) is 19.2. The fourth-order valence-electron chi connectivity index (χ4n) is 4.34. The molecule has 2 fully saturated rings. The molecular formula is C22H35N5O3S. The van der Waals surface area contributed by atoms with Crippen molar-refractivity contribution in [3.05, 3.63) is 29.8 Å². The van der Waals surface area contributed by atoms with Gasteiger partial charge in [0, 0.05) is 38.1 Å². The molecule has 9 heteroatoms. The first-order chi connectivity index (χ1) is 14.9. The molecule has 31 heavy (non-hydrogen) atoms. The summed E-state index contributed by atoms with van der Waals surface area (Å²) in [5, 5.41) is 11.9. The van der Waals surface area contributed by atoms with Crippen molar-refractivity contribution in [2.24, 2.45) is 16.0 Å². The molecule has 0 bridgehead atoms. The Morgan fingerprint density at radius 1 is 1.16 bits per heavy atom. The summed E-state index contributed by atoms with van der Waals surface area (Å²) in [5.74, 6) is 1.30. The van der Waals surface area contributed by atoms with Crippen molar-refractivity contribution in [3.8, 4) is 0 Å². The first-order valence-corrected chi connectivity index (χ1v) is 12.9. The van der Waals surface area contributed by atoms with Gasteiger partial charge >= 0.3 is 0 Å². The van der Waals surface area contributed by atoms with Crippen molar-refractivity contribution in [3.63, 3.8) is 0 Å². The molecule has 1 aliphatic heterocycles. The molecule has 1 saturated heterocycles. The standard InChI is InChI=1S/C22H35N5O3S/c1-2-24-22(25-14-12-17-8-10-20(11-9-17)31(23,29)30)26-19-13-15-27(16-19)21(28)18-6-4-3-5-7-18/h8-11,18-19H,2-7,12-16H2,1H3,(H2,23,29,30)(H2,24,25,26). The molecule has 1 aromatic carbocycles. The molecular weight excluding hydrogens is 414 g/mol. The molecule has 0 radical (unpaired) electrons. The molecule has 8 nitrogen and oxygen atoms in total. The lowest BCUT2D eigenvalue weighted by Crippen LogP contribution is -2.45. The number of benzene rings is 1. The van der Waals surface area contributed by atoms with Crippen LogP contribution in [0.25, 0.3) is 0 Å². The fourth-order valence-corrected chi connectivity index (χ4v) is 4.86. The Kier molecular flexibility index (Phi) is 8.31. The van der Waals surface area contributed by atoms with Gasteiger partial charge in [0.05, 0.1) is 4.90 Å². The number of rotatable bonds is 7. The van der Waals surface area contributed by atoms with Crippen molar-refractivity contribution in [1.29, 1.82) is 0 Å². The molecule has 3 rings (SSSR count). The normalized spacial score (nSPS) is 20.6. The largest absolute Gasteiger partial charge is 0.357 e. The number of hydrogen-bond acceptors (Lipinski definition) is 4. The Morgan fingerprint density at radius 3 is 2.52 bits per heavy atom. The van der Waals surface area contributed by atoms with E-state index in [0.717, 1.165) is 50.4 Å². The van der Waals surface area contributed by atoms with E-state index in [1.54, 1.807) is 12.1 Å². The molecule has 1 heterocycles. The molecule has 0 spiro atoms. The summed E-state index contributed by atoms with van der Waals surface area (Å²) in [6.45, 7) is 4.89. The number of carbonyl (C=O) groups is 1. The van der Waals surface area contributed by atoms with Crippen molar-refractivity contribution >= 4 is 21.9 Å². The maximum atomic E-state index is 12.8. The first kappa shape index (κ1) is 23.5. The van der Waals surface area contributed by atoms with Gasteiger partial charge in [0.1, 0.15) is 0 Å². The predicted octanol–water partition coefficient (Wildman–Crippen LogP) is 1.61. The summed E-state index contributed by atoms with van der Waals surface area (Å²) < 4.78 is 22.7. The van der Waals surface area contributed by atoms with Crippen molar-refractivity contribution < 1.29 is 13.2 Å². The van der Waals surface area contributed by atoms with Crippen LogP contribution in [0.5, 0.6) is 0 Å². The second-order valence-corrected chi connectivity index (χ2v) is 10.0. The fraction of sp³-hybridized carbons (Fsp3) is 0.636. The van der Waals surface area contributed by atoms with Crippen LogP contribution in [0.3, 0.4) is 0 Å². The van der Waals surface area contributed by atoms with Crippen molar-refractivity contribution in [2.45, 2.75) is 62.8 Å². The molecule has 1 atom stereocenters. The van der Waals surface area contributed by atoms with E-state index in [2.05, 4.69) is 15.6 Å². The maximum Gasteiger partial charge on any atom is 0.238 e. The number of nitrogens with two attached hydrogens (primary N) is 1. The number of nitrogens with one attached hydrogen (secondary N) is 2. The second-order valence-electron chi connectivity index (χ2n) is 8.45. The lowest BCUT2D eigenvalue weighted by molar-refractivity contribution is -0.135. The third-order valence-corrected chi connectivity index (χ3v) is 6.99. The smallest absolute Gasteiger partial charge is 0.238 e. The lowest BCUT2D eigenvalue weighted by Gasteiger charge is -2.26. The quantitative estimate of drug-likeness (QED) is 0.432. The highest BCUT2D eigenvalue weighted by atomic mass is 32.2. The van der Waals surface area contributed by atoms with E-state index in [-0.39, 0.29) is 16.9 Å². The first-order valence-electron chi connectivity index (χ1n) is 11.3. The summed E-state index contributed by atoms with van der Waals surface area (Å²) in [6.07, 6.45) is 7.30.